The van der Waals surface area contributed by atoms with E-state index in [4.69, 9.17) is 9.47 Å². The van der Waals surface area contributed by atoms with Gasteiger partial charge in [-0.3, -0.25) is 4.79 Å². The van der Waals surface area contributed by atoms with Crippen LogP contribution < -0.4 is 15.4 Å². The lowest BCUT2D eigenvalue weighted by Gasteiger charge is -2.11. The Bertz CT molecular complexity index is 1020. The van der Waals surface area contributed by atoms with Crippen molar-refractivity contribution in [3.8, 4) is 5.75 Å². The summed E-state index contributed by atoms with van der Waals surface area (Å²) in [6, 6.07) is 15.4. The van der Waals surface area contributed by atoms with Gasteiger partial charge in [0, 0.05) is 11.8 Å². The van der Waals surface area contributed by atoms with Crippen LogP contribution >= 0.6 is 0 Å². The second kappa shape index (κ2) is 9.32. The van der Waals surface area contributed by atoms with E-state index < -0.39 is 11.9 Å². The minimum atomic E-state index is -0.440. The zero-order chi connectivity index (χ0) is 20.6. The highest BCUT2D eigenvalue weighted by Crippen LogP contribution is 2.24. The molecule has 0 aliphatic rings. The largest absolute Gasteiger partial charge is 0.492 e. The maximum absolute atomic E-state index is 12.6. The van der Waals surface area contributed by atoms with Crippen LogP contribution in [0.4, 0.5) is 17.2 Å². The summed E-state index contributed by atoms with van der Waals surface area (Å²) in [6.45, 7) is 2.36. The summed E-state index contributed by atoms with van der Waals surface area (Å²) in [6.07, 6.45) is 1.29. The van der Waals surface area contributed by atoms with Gasteiger partial charge in [0.2, 0.25) is 0 Å². The predicted molar refractivity (Wildman–Crippen MR) is 109 cm³/mol. The van der Waals surface area contributed by atoms with Gasteiger partial charge in [-0.2, -0.15) is 0 Å². The van der Waals surface area contributed by atoms with Crippen LogP contribution in [0.15, 0.2) is 60.9 Å². The van der Waals surface area contributed by atoms with Gasteiger partial charge in [0.05, 0.1) is 25.0 Å². The van der Waals surface area contributed by atoms with Gasteiger partial charge in [0.15, 0.2) is 0 Å². The van der Waals surface area contributed by atoms with E-state index in [1.165, 1.54) is 19.5 Å². The van der Waals surface area contributed by atoms with E-state index in [0.717, 1.165) is 0 Å². The fraction of sp³-hybridized carbons (Fsp3) is 0.143. The molecule has 3 rings (SSSR count). The van der Waals surface area contributed by atoms with Crippen molar-refractivity contribution in [3.63, 3.8) is 0 Å². The molecule has 0 radical (unpaired) electrons. The highest BCUT2D eigenvalue weighted by molar-refractivity contribution is 6.04. The number of carbonyl (C=O) groups is 2. The first-order chi connectivity index (χ1) is 14.1. The fourth-order valence-electron chi connectivity index (χ4n) is 2.58. The van der Waals surface area contributed by atoms with Crippen LogP contribution in [0.5, 0.6) is 5.75 Å². The van der Waals surface area contributed by atoms with Gasteiger partial charge in [0.1, 0.15) is 23.6 Å². The van der Waals surface area contributed by atoms with Crippen molar-refractivity contribution >= 4 is 29.1 Å². The maximum Gasteiger partial charge on any atom is 0.337 e. The molecule has 0 aliphatic carbocycles. The van der Waals surface area contributed by atoms with Crippen molar-refractivity contribution in [1.82, 2.24) is 9.97 Å². The van der Waals surface area contributed by atoms with Crippen molar-refractivity contribution in [1.29, 1.82) is 0 Å². The van der Waals surface area contributed by atoms with Gasteiger partial charge in [-0.25, -0.2) is 14.8 Å². The SMILES string of the molecule is CCOc1ccccc1NC(=O)c1cc(Nc2cccc(C(=O)OC)c2)ncn1. The third-order valence-corrected chi connectivity index (χ3v) is 3.89. The lowest BCUT2D eigenvalue weighted by molar-refractivity contribution is 0.0600. The van der Waals surface area contributed by atoms with Gasteiger partial charge in [-0.05, 0) is 37.3 Å². The minimum Gasteiger partial charge on any atom is -0.492 e. The molecule has 1 heterocycles. The van der Waals surface area contributed by atoms with Crippen molar-refractivity contribution in [2.45, 2.75) is 6.92 Å². The molecule has 1 amide bonds. The Morgan fingerprint density at radius 1 is 1.03 bits per heavy atom. The van der Waals surface area contributed by atoms with Gasteiger partial charge in [-0.1, -0.05) is 18.2 Å². The molecule has 0 saturated carbocycles. The zero-order valence-electron chi connectivity index (χ0n) is 16.0. The summed E-state index contributed by atoms with van der Waals surface area (Å²) < 4.78 is 10.2. The van der Waals surface area contributed by atoms with E-state index in [-0.39, 0.29) is 5.69 Å². The number of esters is 1. The smallest absolute Gasteiger partial charge is 0.337 e. The normalized spacial score (nSPS) is 10.1. The molecule has 1 aromatic heterocycles. The highest BCUT2D eigenvalue weighted by atomic mass is 16.5. The Morgan fingerprint density at radius 2 is 1.86 bits per heavy atom. The second-order valence-electron chi connectivity index (χ2n) is 5.87. The number of amides is 1. The molecule has 2 aromatic carbocycles. The number of hydrogen-bond donors (Lipinski definition) is 2. The maximum atomic E-state index is 12.6. The summed E-state index contributed by atoms with van der Waals surface area (Å²) in [4.78, 5) is 32.4. The quantitative estimate of drug-likeness (QED) is 0.592. The Hall–Kier alpha value is -3.94. The number of methoxy groups -OCH3 is 1. The van der Waals surface area contributed by atoms with E-state index >= 15 is 0 Å². The number of benzene rings is 2. The molecule has 0 fully saturated rings. The lowest BCUT2D eigenvalue weighted by atomic mass is 10.2. The standard InChI is InChI=1S/C21H20N4O4/c1-3-29-18-10-5-4-9-16(18)25-20(26)17-12-19(23-13-22-17)24-15-8-6-7-14(11-15)21(27)28-2/h4-13H,3H2,1-2H3,(H,25,26)(H,22,23,24). The first-order valence-electron chi connectivity index (χ1n) is 8.91. The van der Waals surface area contributed by atoms with Crippen LogP contribution in [0.1, 0.15) is 27.8 Å². The second-order valence-corrected chi connectivity index (χ2v) is 5.87. The minimum absolute atomic E-state index is 0.179. The number of carbonyl (C=O) groups excluding carboxylic acids is 2. The van der Waals surface area contributed by atoms with E-state index in [9.17, 15) is 9.59 Å². The van der Waals surface area contributed by atoms with Crippen molar-refractivity contribution in [2.24, 2.45) is 0 Å². The molecule has 0 bridgehead atoms. The first kappa shape index (κ1) is 19.8. The molecule has 0 saturated heterocycles. The third kappa shape index (κ3) is 5.07. The molecule has 0 unspecified atom stereocenters. The fourth-order valence-corrected chi connectivity index (χ4v) is 2.58. The number of para-hydroxylation sites is 2. The van der Waals surface area contributed by atoms with E-state index in [0.29, 0.717) is 35.1 Å². The van der Waals surface area contributed by atoms with Crippen LogP contribution in [-0.4, -0.2) is 35.6 Å². The molecule has 2 N–H and O–H groups in total. The molecule has 0 spiro atoms. The molecule has 8 nitrogen and oxygen atoms in total. The summed E-state index contributed by atoms with van der Waals surface area (Å²) in [7, 11) is 1.32. The molecule has 8 heteroatoms. The first-order valence-corrected chi connectivity index (χ1v) is 8.91. The number of nitrogens with zero attached hydrogens (tertiary/aromatic N) is 2. The van der Waals surface area contributed by atoms with Crippen molar-refractivity contribution in [2.75, 3.05) is 24.4 Å². The average Bonchev–Trinajstić information content (AvgIpc) is 2.75. The topological polar surface area (TPSA) is 102 Å². The number of hydrogen-bond acceptors (Lipinski definition) is 7. The van der Waals surface area contributed by atoms with Crippen LogP contribution in [0, 0.1) is 0 Å². The Morgan fingerprint density at radius 3 is 2.66 bits per heavy atom. The number of aromatic nitrogens is 2. The van der Waals surface area contributed by atoms with Crippen LogP contribution in [0.2, 0.25) is 0 Å². The Balaban J connectivity index is 1.76. The van der Waals surface area contributed by atoms with Crippen molar-refractivity contribution < 1.29 is 19.1 Å². The Labute approximate surface area is 167 Å². The van der Waals surface area contributed by atoms with Gasteiger partial charge in [-0.15, -0.1) is 0 Å². The molecule has 148 valence electrons. The van der Waals surface area contributed by atoms with E-state index in [1.54, 1.807) is 42.5 Å². The summed E-state index contributed by atoms with van der Waals surface area (Å²) >= 11 is 0. The number of ether oxygens (including phenoxy) is 2. The number of rotatable bonds is 7. The van der Waals surface area contributed by atoms with Gasteiger partial charge < -0.3 is 20.1 Å². The van der Waals surface area contributed by atoms with Crippen LogP contribution in [0.3, 0.4) is 0 Å². The number of anilines is 3. The molecular formula is C21H20N4O4. The zero-order valence-corrected chi connectivity index (χ0v) is 16.0. The monoisotopic (exact) mass is 392 g/mol. The van der Waals surface area contributed by atoms with Crippen LogP contribution in [-0.2, 0) is 4.74 Å². The van der Waals surface area contributed by atoms with E-state index in [1.807, 2.05) is 13.0 Å². The van der Waals surface area contributed by atoms with Gasteiger partial charge in [0.25, 0.3) is 5.91 Å². The molecule has 3 aromatic rings. The molecule has 29 heavy (non-hydrogen) atoms. The Kier molecular flexibility index (Phi) is 6.36. The van der Waals surface area contributed by atoms with E-state index in [2.05, 4.69) is 20.6 Å². The van der Waals surface area contributed by atoms with Crippen molar-refractivity contribution in [3.05, 3.63) is 72.2 Å². The summed E-state index contributed by atoms with van der Waals surface area (Å²) in [5.41, 5.74) is 1.76. The predicted octanol–water partition coefficient (Wildman–Crippen LogP) is 3.66. The molecular weight excluding hydrogens is 372 g/mol. The molecule has 0 aliphatic heterocycles. The average molecular weight is 392 g/mol. The van der Waals surface area contributed by atoms with Crippen LogP contribution in [0.25, 0.3) is 0 Å². The lowest BCUT2D eigenvalue weighted by Crippen LogP contribution is -2.15. The number of nitrogens with one attached hydrogen (secondary N) is 2. The van der Waals surface area contributed by atoms with Gasteiger partial charge >= 0.3 is 5.97 Å². The molecule has 0 atom stereocenters. The highest BCUT2D eigenvalue weighted by Gasteiger charge is 2.13. The summed E-state index contributed by atoms with van der Waals surface area (Å²) in [5, 5.41) is 5.84. The summed E-state index contributed by atoms with van der Waals surface area (Å²) in [5.74, 6) is 0.149. The third-order valence-electron chi connectivity index (χ3n) is 3.89.